The van der Waals surface area contributed by atoms with Gasteiger partial charge in [0.15, 0.2) is 0 Å². The minimum Gasteiger partial charge on any atom is -0.491 e. The molecule has 4 rings (SSSR count). The number of carbonyl (C=O) groups is 1. The number of hydrogen-bond donors (Lipinski definition) is 0. The summed E-state index contributed by atoms with van der Waals surface area (Å²) in [5, 5.41) is 6.92. The van der Waals surface area contributed by atoms with Gasteiger partial charge < -0.3 is 4.74 Å². The molecule has 3 aromatic carbocycles. The van der Waals surface area contributed by atoms with Gasteiger partial charge in [-0.25, -0.2) is 0 Å². The summed E-state index contributed by atoms with van der Waals surface area (Å²) in [6.45, 7) is 2.52. The molecular formula is C25H20Cl2N2O2. The van der Waals surface area contributed by atoms with Crippen LogP contribution < -0.4 is 9.75 Å². The molecule has 1 heterocycles. The normalized spacial score (nSPS) is 14.8. The quantitative estimate of drug-likeness (QED) is 0.396. The van der Waals surface area contributed by atoms with Crippen LogP contribution in [0.1, 0.15) is 24.5 Å². The lowest BCUT2D eigenvalue weighted by Gasteiger charge is -2.13. The molecule has 0 fully saturated rings. The third kappa shape index (κ3) is 4.50. The van der Waals surface area contributed by atoms with Crippen molar-refractivity contribution < 1.29 is 9.53 Å². The molecule has 0 N–H and O–H groups in total. The van der Waals surface area contributed by atoms with E-state index in [-0.39, 0.29) is 5.91 Å². The highest BCUT2D eigenvalue weighted by Crippen LogP contribution is 2.36. The highest BCUT2D eigenvalue weighted by molar-refractivity contribution is 6.38. The molecule has 0 radical (unpaired) electrons. The van der Waals surface area contributed by atoms with E-state index >= 15 is 0 Å². The van der Waals surface area contributed by atoms with E-state index < -0.39 is 0 Å². The first-order valence-corrected chi connectivity index (χ1v) is 10.7. The SMILES string of the molecule is CCCOc1c(Cl)cc(Cl)cc1/C=C1\C(=O)N(c2ccccc2)N=C1c1ccccc1. The zero-order chi connectivity index (χ0) is 21.8. The third-order valence-corrected chi connectivity index (χ3v) is 5.21. The zero-order valence-corrected chi connectivity index (χ0v) is 18.4. The van der Waals surface area contributed by atoms with Crippen molar-refractivity contribution in [3.8, 4) is 5.75 Å². The Kier molecular flexibility index (Phi) is 6.40. The minimum atomic E-state index is -0.234. The molecule has 4 nitrogen and oxygen atoms in total. The minimum absolute atomic E-state index is 0.234. The van der Waals surface area contributed by atoms with E-state index in [2.05, 4.69) is 5.10 Å². The molecule has 0 aromatic heterocycles. The van der Waals surface area contributed by atoms with Crippen molar-refractivity contribution in [2.45, 2.75) is 13.3 Å². The molecule has 156 valence electrons. The van der Waals surface area contributed by atoms with Gasteiger partial charge in [0.2, 0.25) is 0 Å². The van der Waals surface area contributed by atoms with Crippen LogP contribution in [-0.4, -0.2) is 18.2 Å². The van der Waals surface area contributed by atoms with Crippen molar-refractivity contribution in [2.75, 3.05) is 11.6 Å². The number of anilines is 1. The lowest BCUT2D eigenvalue weighted by Crippen LogP contribution is -2.21. The predicted molar refractivity (Wildman–Crippen MR) is 127 cm³/mol. The predicted octanol–water partition coefficient (Wildman–Crippen LogP) is 6.62. The van der Waals surface area contributed by atoms with E-state index in [1.165, 1.54) is 5.01 Å². The lowest BCUT2D eigenvalue weighted by molar-refractivity contribution is -0.114. The van der Waals surface area contributed by atoms with Crippen LogP contribution in [0.25, 0.3) is 6.08 Å². The molecule has 0 atom stereocenters. The highest BCUT2D eigenvalue weighted by Gasteiger charge is 2.32. The number of benzene rings is 3. The van der Waals surface area contributed by atoms with E-state index in [4.69, 9.17) is 27.9 Å². The maximum Gasteiger partial charge on any atom is 0.281 e. The molecular weight excluding hydrogens is 431 g/mol. The summed E-state index contributed by atoms with van der Waals surface area (Å²) in [7, 11) is 0. The first-order chi connectivity index (χ1) is 15.1. The number of halogens is 2. The largest absolute Gasteiger partial charge is 0.491 e. The van der Waals surface area contributed by atoms with Gasteiger partial charge in [-0.3, -0.25) is 4.79 Å². The number of amides is 1. The van der Waals surface area contributed by atoms with Gasteiger partial charge in [-0.1, -0.05) is 78.7 Å². The van der Waals surface area contributed by atoms with Crippen molar-refractivity contribution in [3.05, 3.63) is 99.5 Å². The van der Waals surface area contributed by atoms with Crippen LogP contribution in [0, 0.1) is 0 Å². The van der Waals surface area contributed by atoms with Gasteiger partial charge in [-0.2, -0.15) is 10.1 Å². The lowest BCUT2D eigenvalue weighted by atomic mass is 10.00. The molecule has 3 aromatic rings. The first-order valence-electron chi connectivity index (χ1n) is 9.96. The molecule has 0 aliphatic carbocycles. The van der Waals surface area contributed by atoms with Crippen LogP contribution in [0.2, 0.25) is 10.0 Å². The molecule has 1 aliphatic heterocycles. The fourth-order valence-electron chi connectivity index (χ4n) is 3.30. The number of carbonyl (C=O) groups excluding carboxylic acids is 1. The Morgan fingerprint density at radius 2 is 1.68 bits per heavy atom. The summed E-state index contributed by atoms with van der Waals surface area (Å²) < 4.78 is 5.87. The van der Waals surface area contributed by atoms with Gasteiger partial charge in [0.05, 0.1) is 22.9 Å². The van der Waals surface area contributed by atoms with Crippen LogP contribution >= 0.6 is 23.2 Å². The summed E-state index contributed by atoms with van der Waals surface area (Å²) in [4.78, 5) is 13.4. The standard InChI is InChI=1S/C25H20Cl2N2O2/c1-2-13-31-24-18(14-19(26)16-22(24)27)15-21-23(17-9-5-3-6-10-17)28-29(25(21)30)20-11-7-4-8-12-20/h3-12,14-16H,2,13H2,1H3/b21-15-. The van der Waals surface area contributed by atoms with Gasteiger partial charge in [0.25, 0.3) is 5.91 Å². The fourth-order valence-corrected chi connectivity index (χ4v) is 3.86. The summed E-state index contributed by atoms with van der Waals surface area (Å²) in [6.07, 6.45) is 2.58. The van der Waals surface area contributed by atoms with Crippen molar-refractivity contribution in [2.24, 2.45) is 5.10 Å². The smallest absolute Gasteiger partial charge is 0.281 e. The average Bonchev–Trinajstić information content (AvgIpc) is 3.10. The summed E-state index contributed by atoms with van der Waals surface area (Å²) in [5.41, 5.74) is 3.18. The van der Waals surface area contributed by atoms with Gasteiger partial charge in [0.1, 0.15) is 11.5 Å². The Balaban J connectivity index is 1.85. The van der Waals surface area contributed by atoms with Crippen LogP contribution in [0.4, 0.5) is 5.69 Å². The second-order valence-electron chi connectivity index (χ2n) is 6.98. The topological polar surface area (TPSA) is 41.9 Å². The van der Waals surface area contributed by atoms with Crippen LogP contribution in [0.3, 0.4) is 0 Å². The van der Waals surface area contributed by atoms with E-state index in [1.54, 1.807) is 18.2 Å². The molecule has 0 saturated carbocycles. The first kappa shape index (κ1) is 21.2. The molecule has 0 saturated heterocycles. The number of nitrogens with zero attached hydrogens (tertiary/aromatic N) is 2. The molecule has 31 heavy (non-hydrogen) atoms. The second-order valence-corrected chi connectivity index (χ2v) is 7.82. The van der Waals surface area contributed by atoms with Crippen LogP contribution in [0.5, 0.6) is 5.75 Å². The van der Waals surface area contributed by atoms with E-state index in [1.807, 2.05) is 67.6 Å². The number of hydrazone groups is 1. The maximum atomic E-state index is 13.4. The van der Waals surface area contributed by atoms with E-state index in [9.17, 15) is 4.79 Å². The molecule has 0 bridgehead atoms. The van der Waals surface area contributed by atoms with Gasteiger partial charge >= 0.3 is 0 Å². The van der Waals surface area contributed by atoms with E-state index in [0.717, 1.165) is 12.0 Å². The van der Waals surface area contributed by atoms with Gasteiger partial charge in [-0.15, -0.1) is 0 Å². The van der Waals surface area contributed by atoms with Crippen LogP contribution in [-0.2, 0) is 4.79 Å². The number of ether oxygens (including phenoxy) is 1. The van der Waals surface area contributed by atoms with Crippen molar-refractivity contribution in [1.29, 1.82) is 0 Å². The van der Waals surface area contributed by atoms with Crippen molar-refractivity contribution in [1.82, 2.24) is 0 Å². The summed E-state index contributed by atoms with van der Waals surface area (Å²) >= 11 is 12.7. The average molecular weight is 451 g/mol. The number of para-hydroxylation sites is 1. The third-order valence-electron chi connectivity index (χ3n) is 4.71. The highest BCUT2D eigenvalue weighted by atomic mass is 35.5. The van der Waals surface area contributed by atoms with Crippen LogP contribution in [0.15, 0.2) is 83.5 Å². The zero-order valence-electron chi connectivity index (χ0n) is 16.9. The maximum absolute atomic E-state index is 13.4. The van der Waals surface area contributed by atoms with Crippen molar-refractivity contribution in [3.63, 3.8) is 0 Å². The molecule has 6 heteroatoms. The second kappa shape index (κ2) is 9.38. The van der Waals surface area contributed by atoms with E-state index in [0.29, 0.717) is 44.9 Å². The Morgan fingerprint density at radius 3 is 2.35 bits per heavy atom. The van der Waals surface area contributed by atoms with Crippen molar-refractivity contribution >= 4 is 46.6 Å². The Hall–Kier alpha value is -3.08. The Labute approximate surface area is 191 Å². The summed E-state index contributed by atoms with van der Waals surface area (Å²) in [5.74, 6) is 0.265. The fraction of sp³-hybridized carbons (Fsp3) is 0.120. The molecule has 0 unspecified atom stereocenters. The molecule has 1 aliphatic rings. The molecule has 1 amide bonds. The monoisotopic (exact) mass is 450 g/mol. The Bertz CT molecular complexity index is 1160. The number of hydrogen-bond acceptors (Lipinski definition) is 3. The number of rotatable bonds is 6. The Morgan fingerprint density at radius 1 is 1.00 bits per heavy atom. The molecule has 0 spiro atoms. The van der Waals surface area contributed by atoms with Gasteiger partial charge in [0, 0.05) is 16.1 Å². The van der Waals surface area contributed by atoms with Gasteiger partial charge in [-0.05, 0) is 36.8 Å². The summed E-state index contributed by atoms with van der Waals surface area (Å²) in [6, 6.07) is 22.3.